The quantitative estimate of drug-likeness (QED) is 0.511. The molecule has 2 fully saturated rings. The molecular formula is C8H8O2S. The van der Waals surface area contributed by atoms with E-state index in [9.17, 15) is 9.59 Å². The van der Waals surface area contributed by atoms with Crippen LogP contribution in [-0.4, -0.2) is 16.7 Å². The van der Waals surface area contributed by atoms with Crippen molar-refractivity contribution < 1.29 is 9.59 Å². The molecule has 1 saturated carbocycles. The Hall–Kier alpha value is -0.570. The Labute approximate surface area is 69.0 Å². The van der Waals surface area contributed by atoms with Gasteiger partial charge < -0.3 is 0 Å². The molecule has 2 nitrogen and oxygen atoms in total. The van der Waals surface area contributed by atoms with Crippen molar-refractivity contribution in [3.8, 4) is 0 Å². The second kappa shape index (κ2) is 2.48. The Balaban J connectivity index is 2.31. The van der Waals surface area contributed by atoms with Gasteiger partial charge in [-0.1, -0.05) is 11.8 Å². The van der Waals surface area contributed by atoms with E-state index >= 15 is 0 Å². The van der Waals surface area contributed by atoms with Gasteiger partial charge in [0.15, 0.2) is 5.78 Å². The number of Topliss-reactive ketones (excluding diaryl/α,β-unsaturated/α-hetero) is 1. The van der Waals surface area contributed by atoms with Gasteiger partial charge in [-0.2, -0.15) is 0 Å². The second-order valence-electron chi connectivity index (χ2n) is 2.77. The molecule has 2 rings (SSSR count). The predicted octanol–water partition coefficient (Wildman–Crippen LogP) is 1.31. The lowest BCUT2D eigenvalue weighted by atomic mass is 9.86. The first-order valence-electron chi connectivity index (χ1n) is 3.71. The van der Waals surface area contributed by atoms with E-state index in [-0.39, 0.29) is 10.9 Å². The van der Waals surface area contributed by atoms with E-state index in [4.69, 9.17) is 0 Å². The van der Waals surface area contributed by atoms with Crippen LogP contribution in [0.25, 0.3) is 0 Å². The van der Waals surface area contributed by atoms with E-state index in [1.807, 2.05) is 0 Å². The van der Waals surface area contributed by atoms with Crippen LogP contribution in [0.4, 0.5) is 0 Å². The minimum absolute atomic E-state index is 0.132. The van der Waals surface area contributed by atoms with Crippen LogP contribution in [0.15, 0.2) is 11.1 Å². The van der Waals surface area contributed by atoms with Crippen LogP contribution >= 0.6 is 11.8 Å². The molecular weight excluding hydrogens is 160 g/mol. The summed E-state index contributed by atoms with van der Waals surface area (Å²) in [6.07, 6.45) is 2.29. The maximum absolute atomic E-state index is 11.1. The van der Waals surface area contributed by atoms with Gasteiger partial charge in [-0.25, -0.2) is 0 Å². The first kappa shape index (κ1) is 7.10. The minimum atomic E-state index is 0.132. The molecule has 0 amide bonds. The Bertz CT molecular complexity index is 265. The zero-order valence-electron chi connectivity index (χ0n) is 6.05. The summed E-state index contributed by atoms with van der Waals surface area (Å²) < 4.78 is 0. The van der Waals surface area contributed by atoms with Gasteiger partial charge in [0.2, 0.25) is 5.12 Å². The monoisotopic (exact) mass is 168 g/mol. The SMILES string of the molecule is O=C1CC/C1=C1/CCSC1=O. The van der Waals surface area contributed by atoms with Crippen LogP contribution in [0.5, 0.6) is 0 Å². The number of carbonyl (C=O) groups is 2. The molecule has 0 aromatic rings. The van der Waals surface area contributed by atoms with Crippen molar-refractivity contribution >= 4 is 22.7 Å². The second-order valence-corrected chi connectivity index (χ2v) is 3.83. The Morgan fingerprint density at radius 3 is 2.18 bits per heavy atom. The zero-order valence-corrected chi connectivity index (χ0v) is 6.87. The molecule has 11 heavy (non-hydrogen) atoms. The summed E-state index contributed by atoms with van der Waals surface area (Å²) in [6.45, 7) is 0. The molecule has 0 spiro atoms. The van der Waals surface area contributed by atoms with Crippen molar-refractivity contribution in [3.05, 3.63) is 11.1 Å². The van der Waals surface area contributed by atoms with E-state index in [2.05, 4.69) is 0 Å². The van der Waals surface area contributed by atoms with Crippen molar-refractivity contribution in [3.63, 3.8) is 0 Å². The van der Waals surface area contributed by atoms with Crippen LogP contribution in [0.3, 0.4) is 0 Å². The maximum atomic E-state index is 11.1. The summed E-state index contributed by atoms with van der Waals surface area (Å²) in [5, 5.41) is 0.132. The average Bonchev–Trinajstić information content (AvgIpc) is 2.34. The standard InChI is InChI=1S/C8H8O2S/c9-7-2-1-5(7)6-3-4-11-8(6)10/h1-4H2/b6-5+. The van der Waals surface area contributed by atoms with Crippen LogP contribution < -0.4 is 0 Å². The third kappa shape index (κ3) is 1.03. The lowest BCUT2D eigenvalue weighted by Gasteiger charge is -2.16. The number of allylic oxidation sites excluding steroid dienone is 1. The number of carbonyl (C=O) groups excluding carboxylic acids is 2. The average molecular weight is 168 g/mol. The van der Waals surface area contributed by atoms with Gasteiger partial charge in [0.25, 0.3) is 0 Å². The fraction of sp³-hybridized carbons (Fsp3) is 0.500. The molecule has 0 N–H and O–H groups in total. The minimum Gasteiger partial charge on any atom is -0.295 e. The molecule has 1 heterocycles. The molecule has 58 valence electrons. The van der Waals surface area contributed by atoms with Gasteiger partial charge in [-0.3, -0.25) is 9.59 Å². The third-order valence-corrected chi connectivity index (χ3v) is 3.05. The first-order chi connectivity index (χ1) is 5.29. The molecule has 1 saturated heterocycles. The molecule has 1 aliphatic carbocycles. The molecule has 3 heteroatoms. The fourth-order valence-corrected chi connectivity index (χ4v) is 2.27. The highest BCUT2D eigenvalue weighted by atomic mass is 32.2. The van der Waals surface area contributed by atoms with Crippen molar-refractivity contribution in [1.29, 1.82) is 0 Å². The summed E-state index contributed by atoms with van der Waals surface area (Å²) in [5.74, 6) is 1.06. The summed E-state index contributed by atoms with van der Waals surface area (Å²) >= 11 is 1.34. The Morgan fingerprint density at radius 1 is 1.00 bits per heavy atom. The lowest BCUT2D eigenvalue weighted by molar-refractivity contribution is -0.119. The van der Waals surface area contributed by atoms with E-state index in [1.165, 1.54) is 11.8 Å². The smallest absolute Gasteiger partial charge is 0.215 e. The van der Waals surface area contributed by atoms with Crippen molar-refractivity contribution in [2.24, 2.45) is 0 Å². The van der Waals surface area contributed by atoms with Crippen molar-refractivity contribution in [1.82, 2.24) is 0 Å². The van der Waals surface area contributed by atoms with Gasteiger partial charge in [0, 0.05) is 23.3 Å². The highest BCUT2D eigenvalue weighted by molar-refractivity contribution is 8.14. The van der Waals surface area contributed by atoms with Crippen LogP contribution in [0.2, 0.25) is 0 Å². The van der Waals surface area contributed by atoms with Gasteiger partial charge in [0.05, 0.1) is 0 Å². The van der Waals surface area contributed by atoms with Crippen LogP contribution in [0, 0.1) is 0 Å². The normalized spacial score (nSPS) is 30.9. The molecule has 0 bridgehead atoms. The fourth-order valence-electron chi connectivity index (χ4n) is 1.38. The van der Waals surface area contributed by atoms with Gasteiger partial charge in [-0.05, 0) is 12.8 Å². The topological polar surface area (TPSA) is 34.1 Å². The van der Waals surface area contributed by atoms with Crippen LogP contribution in [0.1, 0.15) is 19.3 Å². The van der Waals surface area contributed by atoms with Crippen molar-refractivity contribution in [2.75, 3.05) is 5.75 Å². The third-order valence-electron chi connectivity index (χ3n) is 2.13. The van der Waals surface area contributed by atoms with E-state index < -0.39 is 0 Å². The number of thioether (sulfide) groups is 1. The van der Waals surface area contributed by atoms with Crippen LogP contribution in [-0.2, 0) is 9.59 Å². The predicted molar refractivity (Wildman–Crippen MR) is 43.3 cm³/mol. The molecule has 0 radical (unpaired) electrons. The number of hydrogen-bond acceptors (Lipinski definition) is 3. The van der Waals surface area contributed by atoms with E-state index in [0.717, 1.165) is 29.7 Å². The molecule has 0 unspecified atom stereocenters. The van der Waals surface area contributed by atoms with E-state index in [0.29, 0.717) is 6.42 Å². The Morgan fingerprint density at radius 2 is 1.82 bits per heavy atom. The summed E-state index contributed by atoms with van der Waals surface area (Å²) in [4.78, 5) is 22.1. The molecule has 0 aromatic heterocycles. The molecule has 0 aromatic carbocycles. The lowest BCUT2D eigenvalue weighted by Crippen LogP contribution is -2.17. The number of rotatable bonds is 0. The summed E-state index contributed by atoms with van der Waals surface area (Å²) in [5.41, 5.74) is 1.63. The highest BCUT2D eigenvalue weighted by Crippen LogP contribution is 2.34. The Kier molecular flexibility index (Phi) is 1.60. The molecule has 2 aliphatic rings. The largest absolute Gasteiger partial charge is 0.295 e. The van der Waals surface area contributed by atoms with Gasteiger partial charge in [0.1, 0.15) is 0 Å². The number of hydrogen-bond donors (Lipinski definition) is 0. The summed E-state index contributed by atoms with van der Waals surface area (Å²) in [6, 6.07) is 0. The highest BCUT2D eigenvalue weighted by Gasteiger charge is 2.30. The summed E-state index contributed by atoms with van der Waals surface area (Å²) in [7, 11) is 0. The molecule has 1 aliphatic heterocycles. The zero-order chi connectivity index (χ0) is 7.84. The maximum Gasteiger partial charge on any atom is 0.215 e. The number of ketones is 1. The van der Waals surface area contributed by atoms with E-state index in [1.54, 1.807) is 0 Å². The first-order valence-corrected chi connectivity index (χ1v) is 4.70. The molecule has 0 atom stereocenters. The van der Waals surface area contributed by atoms with Gasteiger partial charge >= 0.3 is 0 Å². The van der Waals surface area contributed by atoms with Crippen molar-refractivity contribution in [2.45, 2.75) is 19.3 Å². The van der Waals surface area contributed by atoms with Gasteiger partial charge in [-0.15, -0.1) is 0 Å².